The minimum Gasteiger partial charge on any atom is -0.369 e. The number of imidazole rings is 1. The summed E-state index contributed by atoms with van der Waals surface area (Å²) in [7, 11) is 0. The van der Waals surface area contributed by atoms with Gasteiger partial charge in [0.05, 0.1) is 11.0 Å². The highest BCUT2D eigenvalue weighted by Crippen LogP contribution is 2.28. The quantitative estimate of drug-likeness (QED) is 0.741. The van der Waals surface area contributed by atoms with Crippen molar-refractivity contribution in [3.8, 4) is 5.69 Å². The van der Waals surface area contributed by atoms with Crippen molar-refractivity contribution in [3.05, 3.63) is 53.3 Å². The van der Waals surface area contributed by atoms with Gasteiger partial charge in [-0.1, -0.05) is 6.07 Å². The average molecular weight is 277 g/mol. The monoisotopic (exact) mass is 277 g/mol. The van der Waals surface area contributed by atoms with Gasteiger partial charge in [-0.15, -0.1) is 0 Å². The van der Waals surface area contributed by atoms with Crippen LogP contribution in [0.1, 0.15) is 5.56 Å². The molecule has 0 bridgehead atoms. The zero-order chi connectivity index (χ0) is 14.4. The summed E-state index contributed by atoms with van der Waals surface area (Å²) in [5.41, 5.74) is 7.17. The summed E-state index contributed by atoms with van der Waals surface area (Å²) >= 11 is 0. The lowest BCUT2D eigenvalue weighted by molar-refractivity contribution is 0.536. The van der Waals surface area contributed by atoms with E-state index in [9.17, 15) is 13.2 Å². The number of fused-ring (bicyclic) bond motifs is 1. The number of benzene rings is 2. The van der Waals surface area contributed by atoms with Crippen molar-refractivity contribution >= 4 is 17.0 Å². The van der Waals surface area contributed by atoms with Gasteiger partial charge in [0.15, 0.2) is 11.6 Å². The summed E-state index contributed by atoms with van der Waals surface area (Å²) < 4.78 is 41.9. The van der Waals surface area contributed by atoms with Gasteiger partial charge in [-0.2, -0.15) is 0 Å². The first-order chi connectivity index (χ1) is 9.47. The highest BCUT2D eigenvalue weighted by Gasteiger charge is 2.19. The molecule has 3 rings (SSSR count). The lowest BCUT2D eigenvalue weighted by atomic mass is 10.2. The molecule has 0 fully saturated rings. The second kappa shape index (κ2) is 4.26. The molecule has 102 valence electrons. The summed E-state index contributed by atoms with van der Waals surface area (Å²) in [6.45, 7) is 1.84. The molecular weight excluding hydrogens is 267 g/mol. The van der Waals surface area contributed by atoms with E-state index in [1.54, 1.807) is 12.1 Å². The highest BCUT2D eigenvalue weighted by molar-refractivity contribution is 5.81. The third kappa shape index (κ3) is 1.80. The molecule has 1 heterocycles. The summed E-state index contributed by atoms with van der Waals surface area (Å²) in [5.74, 6) is -3.11. The Morgan fingerprint density at radius 2 is 1.70 bits per heavy atom. The van der Waals surface area contributed by atoms with Crippen LogP contribution in [0.25, 0.3) is 16.7 Å². The Morgan fingerprint density at radius 3 is 2.35 bits per heavy atom. The standard InChI is InChI=1S/C14H10F3N3/c1-7-2-3-11-12(4-7)20(14(18)19-11)13-9(16)5-8(15)6-10(13)17/h2-6H,1H3,(H2,18,19). The molecule has 0 aliphatic heterocycles. The van der Waals surface area contributed by atoms with E-state index < -0.39 is 23.1 Å². The third-order valence-corrected chi connectivity index (χ3v) is 3.04. The second-order valence-corrected chi connectivity index (χ2v) is 4.52. The minimum absolute atomic E-state index is 0.0602. The number of aromatic nitrogens is 2. The Morgan fingerprint density at radius 1 is 1.05 bits per heavy atom. The normalized spacial score (nSPS) is 11.2. The molecule has 0 radical (unpaired) electrons. The largest absolute Gasteiger partial charge is 0.369 e. The number of nitrogens with zero attached hydrogens (tertiary/aromatic N) is 2. The van der Waals surface area contributed by atoms with E-state index in [4.69, 9.17) is 5.73 Å². The number of nitrogen functional groups attached to an aromatic ring is 1. The van der Waals surface area contributed by atoms with E-state index in [0.29, 0.717) is 23.2 Å². The molecule has 0 aliphatic rings. The molecule has 3 nitrogen and oxygen atoms in total. The van der Waals surface area contributed by atoms with Gasteiger partial charge in [0.2, 0.25) is 5.95 Å². The van der Waals surface area contributed by atoms with Crippen LogP contribution in [0.5, 0.6) is 0 Å². The van der Waals surface area contributed by atoms with Crippen molar-refractivity contribution in [1.29, 1.82) is 0 Å². The van der Waals surface area contributed by atoms with E-state index in [1.807, 2.05) is 13.0 Å². The van der Waals surface area contributed by atoms with E-state index >= 15 is 0 Å². The molecule has 0 aliphatic carbocycles. The van der Waals surface area contributed by atoms with Crippen molar-refractivity contribution in [2.24, 2.45) is 0 Å². The fraction of sp³-hybridized carbons (Fsp3) is 0.0714. The second-order valence-electron chi connectivity index (χ2n) is 4.52. The number of halogens is 3. The topological polar surface area (TPSA) is 43.8 Å². The van der Waals surface area contributed by atoms with Crippen LogP contribution in [0, 0.1) is 24.4 Å². The summed E-state index contributed by atoms with van der Waals surface area (Å²) in [6.07, 6.45) is 0. The van der Waals surface area contributed by atoms with Crippen LogP contribution < -0.4 is 5.73 Å². The Kier molecular flexibility index (Phi) is 2.67. The Bertz CT molecular complexity index is 801. The third-order valence-electron chi connectivity index (χ3n) is 3.04. The zero-order valence-corrected chi connectivity index (χ0v) is 10.5. The molecular formula is C14H10F3N3. The van der Waals surface area contributed by atoms with Gasteiger partial charge in [0.1, 0.15) is 11.5 Å². The smallest absolute Gasteiger partial charge is 0.206 e. The molecule has 1 aromatic heterocycles. The van der Waals surface area contributed by atoms with E-state index in [0.717, 1.165) is 10.1 Å². The molecule has 0 atom stereocenters. The minimum atomic E-state index is -1.03. The first-order valence-electron chi connectivity index (χ1n) is 5.87. The van der Waals surface area contributed by atoms with Gasteiger partial charge in [0.25, 0.3) is 0 Å². The van der Waals surface area contributed by atoms with E-state index in [1.165, 1.54) is 0 Å². The molecule has 0 unspecified atom stereocenters. The molecule has 3 aromatic rings. The van der Waals surface area contributed by atoms with Crippen molar-refractivity contribution in [2.75, 3.05) is 5.73 Å². The molecule has 0 amide bonds. The van der Waals surface area contributed by atoms with Gasteiger partial charge in [-0.05, 0) is 24.6 Å². The Labute approximate surface area is 112 Å². The van der Waals surface area contributed by atoms with Gasteiger partial charge in [-0.3, -0.25) is 4.57 Å². The maximum absolute atomic E-state index is 13.9. The van der Waals surface area contributed by atoms with Crippen LogP contribution >= 0.6 is 0 Å². The summed E-state index contributed by atoms with van der Waals surface area (Å²) in [5, 5.41) is 0. The fourth-order valence-corrected chi connectivity index (χ4v) is 2.19. The molecule has 0 spiro atoms. The maximum Gasteiger partial charge on any atom is 0.206 e. The van der Waals surface area contributed by atoms with E-state index in [-0.39, 0.29) is 5.95 Å². The van der Waals surface area contributed by atoms with Gasteiger partial charge >= 0.3 is 0 Å². The summed E-state index contributed by atoms with van der Waals surface area (Å²) in [4.78, 5) is 4.05. The van der Waals surface area contributed by atoms with Gasteiger partial charge < -0.3 is 5.73 Å². The number of hydrogen-bond donors (Lipinski definition) is 1. The molecule has 2 aromatic carbocycles. The lowest BCUT2D eigenvalue weighted by Crippen LogP contribution is -2.06. The summed E-state index contributed by atoms with van der Waals surface area (Å²) in [6, 6.07) is 6.45. The molecule has 6 heteroatoms. The van der Waals surface area contributed by atoms with Crippen molar-refractivity contribution in [3.63, 3.8) is 0 Å². The predicted octanol–water partition coefficient (Wildman–Crippen LogP) is 3.33. The highest BCUT2D eigenvalue weighted by atomic mass is 19.1. The van der Waals surface area contributed by atoms with Crippen LogP contribution in [0.4, 0.5) is 19.1 Å². The average Bonchev–Trinajstić information content (AvgIpc) is 2.65. The first kappa shape index (κ1) is 12.5. The lowest BCUT2D eigenvalue weighted by Gasteiger charge is -2.09. The predicted molar refractivity (Wildman–Crippen MR) is 70.1 cm³/mol. The van der Waals surface area contributed by atoms with Crippen molar-refractivity contribution in [2.45, 2.75) is 6.92 Å². The molecule has 20 heavy (non-hydrogen) atoms. The molecule has 0 saturated carbocycles. The Balaban J connectivity index is 2.40. The van der Waals surface area contributed by atoms with Crippen LogP contribution in [0.3, 0.4) is 0 Å². The number of anilines is 1. The van der Waals surface area contributed by atoms with Crippen LogP contribution in [-0.2, 0) is 0 Å². The number of nitrogens with two attached hydrogens (primary N) is 1. The first-order valence-corrected chi connectivity index (χ1v) is 5.87. The fourth-order valence-electron chi connectivity index (χ4n) is 2.19. The Hall–Kier alpha value is -2.50. The molecule has 0 saturated heterocycles. The maximum atomic E-state index is 13.9. The SMILES string of the molecule is Cc1ccc2nc(N)n(-c3c(F)cc(F)cc3F)c2c1. The van der Waals surface area contributed by atoms with Crippen LogP contribution in [0.15, 0.2) is 30.3 Å². The number of rotatable bonds is 1. The zero-order valence-electron chi connectivity index (χ0n) is 10.5. The number of aryl methyl sites for hydroxylation is 1. The van der Waals surface area contributed by atoms with Crippen LogP contribution in [-0.4, -0.2) is 9.55 Å². The van der Waals surface area contributed by atoms with Crippen LogP contribution in [0.2, 0.25) is 0 Å². The van der Waals surface area contributed by atoms with Crippen molar-refractivity contribution < 1.29 is 13.2 Å². The number of hydrogen-bond acceptors (Lipinski definition) is 2. The van der Waals surface area contributed by atoms with Gasteiger partial charge in [-0.25, -0.2) is 18.2 Å². The van der Waals surface area contributed by atoms with Gasteiger partial charge in [0, 0.05) is 12.1 Å². The molecule has 2 N–H and O–H groups in total. The van der Waals surface area contributed by atoms with Crippen molar-refractivity contribution in [1.82, 2.24) is 9.55 Å². The van der Waals surface area contributed by atoms with E-state index in [2.05, 4.69) is 4.98 Å².